The van der Waals surface area contributed by atoms with Crippen LogP contribution in [0.4, 0.5) is 0 Å². The molecule has 134 valence electrons. The number of nitrogens with one attached hydrogen (secondary N) is 1. The highest BCUT2D eigenvalue weighted by Crippen LogP contribution is 2.40. The predicted molar refractivity (Wildman–Crippen MR) is 97.7 cm³/mol. The average Bonchev–Trinajstić information content (AvgIpc) is 3.40. The summed E-state index contributed by atoms with van der Waals surface area (Å²) in [5.74, 6) is 1.54. The second kappa shape index (κ2) is 8.49. The van der Waals surface area contributed by atoms with E-state index in [4.69, 9.17) is 4.74 Å². The van der Waals surface area contributed by atoms with E-state index in [0.29, 0.717) is 19.1 Å². The van der Waals surface area contributed by atoms with E-state index in [9.17, 15) is 4.79 Å². The fourth-order valence-corrected chi connectivity index (χ4v) is 3.46. The number of carbonyl (C=O) groups is 1. The Bertz CT molecular complexity index is 700. The topological polar surface area (TPSA) is 69.0 Å². The second-order valence-electron chi connectivity index (χ2n) is 6.23. The zero-order valence-electron chi connectivity index (χ0n) is 14.6. The van der Waals surface area contributed by atoms with Crippen LogP contribution in [0.2, 0.25) is 0 Å². The van der Waals surface area contributed by atoms with Gasteiger partial charge < -0.3 is 14.6 Å². The minimum atomic E-state index is -0.234. The summed E-state index contributed by atoms with van der Waals surface area (Å²) >= 11 is 1.46. The molecule has 0 spiro atoms. The molecule has 0 unspecified atom stereocenters. The molecule has 25 heavy (non-hydrogen) atoms. The molecule has 0 saturated heterocycles. The molecule has 1 aromatic heterocycles. The van der Waals surface area contributed by atoms with Crippen LogP contribution in [0, 0.1) is 0 Å². The van der Waals surface area contributed by atoms with Gasteiger partial charge in [0.1, 0.15) is 5.82 Å². The van der Waals surface area contributed by atoms with Crippen molar-refractivity contribution in [1.82, 2.24) is 20.1 Å². The van der Waals surface area contributed by atoms with Crippen molar-refractivity contribution < 1.29 is 9.53 Å². The standard InChI is InChI=1S/C18H24N4O2S/c1-13(17(23)19-10-11-24-2)25-18-21-20-16(15-8-9-15)22(18)12-14-6-4-3-5-7-14/h3-7,13,15H,8-12H2,1-2H3,(H,19,23)/t13-/m0/s1. The third-order valence-electron chi connectivity index (χ3n) is 4.13. The number of hydrogen-bond donors (Lipinski definition) is 1. The molecular weight excluding hydrogens is 336 g/mol. The zero-order valence-corrected chi connectivity index (χ0v) is 15.5. The second-order valence-corrected chi connectivity index (χ2v) is 7.54. The lowest BCUT2D eigenvalue weighted by Gasteiger charge is -2.13. The molecule has 1 amide bonds. The minimum Gasteiger partial charge on any atom is -0.383 e. The molecule has 7 heteroatoms. The summed E-state index contributed by atoms with van der Waals surface area (Å²) < 4.78 is 7.13. The predicted octanol–water partition coefficient (Wildman–Crippen LogP) is 2.45. The van der Waals surface area contributed by atoms with Crippen molar-refractivity contribution in [3.8, 4) is 0 Å². The molecule has 1 atom stereocenters. The normalized spacial score (nSPS) is 15.1. The van der Waals surface area contributed by atoms with E-state index in [1.165, 1.54) is 30.2 Å². The Balaban J connectivity index is 1.71. The molecule has 3 rings (SSSR count). The number of aromatic nitrogens is 3. The van der Waals surface area contributed by atoms with Crippen molar-refractivity contribution in [3.63, 3.8) is 0 Å². The molecule has 1 heterocycles. The zero-order chi connectivity index (χ0) is 17.6. The van der Waals surface area contributed by atoms with Gasteiger partial charge in [-0.1, -0.05) is 42.1 Å². The van der Waals surface area contributed by atoms with Gasteiger partial charge in [0.15, 0.2) is 5.16 Å². The molecule has 0 aliphatic heterocycles. The van der Waals surface area contributed by atoms with Gasteiger partial charge in [0.05, 0.1) is 18.4 Å². The van der Waals surface area contributed by atoms with Gasteiger partial charge in [-0.3, -0.25) is 4.79 Å². The highest BCUT2D eigenvalue weighted by atomic mass is 32.2. The number of benzene rings is 1. The van der Waals surface area contributed by atoms with Gasteiger partial charge in [-0.05, 0) is 25.3 Å². The first-order valence-corrected chi connectivity index (χ1v) is 9.47. The van der Waals surface area contributed by atoms with E-state index in [0.717, 1.165) is 17.5 Å². The number of thioether (sulfide) groups is 1. The van der Waals surface area contributed by atoms with E-state index in [2.05, 4.69) is 32.2 Å². The van der Waals surface area contributed by atoms with E-state index >= 15 is 0 Å². The van der Waals surface area contributed by atoms with Crippen LogP contribution in [0.3, 0.4) is 0 Å². The van der Waals surface area contributed by atoms with E-state index in [-0.39, 0.29) is 11.2 Å². The maximum atomic E-state index is 12.2. The van der Waals surface area contributed by atoms with Crippen molar-refractivity contribution in [2.75, 3.05) is 20.3 Å². The fourth-order valence-electron chi connectivity index (χ4n) is 2.58. The monoisotopic (exact) mass is 360 g/mol. The molecule has 2 aromatic rings. The van der Waals surface area contributed by atoms with Gasteiger partial charge in [0.25, 0.3) is 0 Å². The first kappa shape index (κ1) is 17.9. The number of methoxy groups -OCH3 is 1. The highest BCUT2D eigenvalue weighted by Gasteiger charge is 2.31. The fraction of sp³-hybridized carbons (Fsp3) is 0.500. The average molecular weight is 360 g/mol. The van der Waals surface area contributed by atoms with E-state index < -0.39 is 0 Å². The SMILES string of the molecule is COCCNC(=O)[C@H](C)Sc1nnc(C2CC2)n1Cc1ccccc1. The van der Waals surface area contributed by atoms with Crippen LogP contribution in [-0.2, 0) is 16.1 Å². The molecule has 1 aliphatic carbocycles. The molecule has 1 aromatic carbocycles. The first-order valence-electron chi connectivity index (χ1n) is 8.59. The highest BCUT2D eigenvalue weighted by molar-refractivity contribution is 8.00. The van der Waals surface area contributed by atoms with Crippen LogP contribution >= 0.6 is 11.8 Å². The summed E-state index contributed by atoms with van der Waals surface area (Å²) in [6.07, 6.45) is 2.34. The van der Waals surface area contributed by atoms with Gasteiger partial charge >= 0.3 is 0 Å². The molecule has 1 saturated carbocycles. The maximum Gasteiger partial charge on any atom is 0.233 e. The van der Waals surface area contributed by atoms with Crippen LogP contribution in [0.1, 0.15) is 37.1 Å². The number of rotatable bonds is 9. The van der Waals surface area contributed by atoms with Crippen molar-refractivity contribution in [1.29, 1.82) is 0 Å². The smallest absolute Gasteiger partial charge is 0.233 e. The van der Waals surface area contributed by atoms with Crippen LogP contribution in [0.5, 0.6) is 0 Å². The van der Waals surface area contributed by atoms with Gasteiger partial charge in [-0.2, -0.15) is 0 Å². The quantitative estimate of drug-likeness (QED) is 0.549. The Hall–Kier alpha value is -1.86. The van der Waals surface area contributed by atoms with Crippen molar-refractivity contribution >= 4 is 17.7 Å². The third kappa shape index (κ3) is 4.83. The van der Waals surface area contributed by atoms with Crippen molar-refractivity contribution in [2.24, 2.45) is 0 Å². The molecule has 1 fully saturated rings. The molecular formula is C18H24N4O2S. The molecule has 1 N–H and O–H groups in total. The van der Waals surface area contributed by atoms with E-state index in [1.807, 2.05) is 25.1 Å². The molecule has 6 nitrogen and oxygen atoms in total. The lowest BCUT2D eigenvalue weighted by atomic mass is 10.2. The van der Waals surface area contributed by atoms with Gasteiger partial charge in [0, 0.05) is 19.6 Å². The van der Waals surface area contributed by atoms with E-state index in [1.54, 1.807) is 7.11 Å². The van der Waals surface area contributed by atoms with Crippen LogP contribution < -0.4 is 5.32 Å². The van der Waals surface area contributed by atoms with Crippen LogP contribution in [0.15, 0.2) is 35.5 Å². The molecule has 0 radical (unpaired) electrons. The third-order valence-corrected chi connectivity index (χ3v) is 5.21. The van der Waals surface area contributed by atoms with Gasteiger partial charge in [-0.15, -0.1) is 10.2 Å². The molecule has 0 bridgehead atoms. The largest absolute Gasteiger partial charge is 0.383 e. The van der Waals surface area contributed by atoms with Crippen molar-refractivity contribution in [3.05, 3.63) is 41.7 Å². The Morgan fingerprint density at radius 1 is 1.36 bits per heavy atom. The summed E-state index contributed by atoms with van der Waals surface area (Å²) in [6.45, 7) is 3.66. The summed E-state index contributed by atoms with van der Waals surface area (Å²) in [7, 11) is 1.62. The first-order chi connectivity index (χ1) is 12.2. The lowest BCUT2D eigenvalue weighted by molar-refractivity contribution is -0.120. The van der Waals surface area contributed by atoms with Crippen LogP contribution in [0.25, 0.3) is 0 Å². The van der Waals surface area contributed by atoms with Gasteiger partial charge in [-0.25, -0.2) is 0 Å². The van der Waals surface area contributed by atoms with Crippen molar-refractivity contribution in [2.45, 2.75) is 42.6 Å². The number of hydrogen-bond acceptors (Lipinski definition) is 5. The Morgan fingerprint density at radius 3 is 2.80 bits per heavy atom. The Morgan fingerprint density at radius 2 is 2.12 bits per heavy atom. The summed E-state index contributed by atoms with van der Waals surface area (Å²) in [4.78, 5) is 12.2. The molecule has 1 aliphatic rings. The number of carbonyl (C=O) groups excluding carboxylic acids is 1. The maximum absolute atomic E-state index is 12.2. The summed E-state index contributed by atoms with van der Waals surface area (Å²) in [6, 6.07) is 10.3. The summed E-state index contributed by atoms with van der Waals surface area (Å²) in [5.41, 5.74) is 1.21. The Labute approximate surface area is 152 Å². The summed E-state index contributed by atoms with van der Waals surface area (Å²) in [5, 5.41) is 12.2. The number of nitrogens with zero attached hydrogens (tertiary/aromatic N) is 3. The number of amides is 1. The minimum absolute atomic E-state index is 0.00992. The van der Waals surface area contributed by atoms with Gasteiger partial charge in [0.2, 0.25) is 5.91 Å². The number of ether oxygens (including phenoxy) is 1. The lowest BCUT2D eigenvalue weighted by Crippen LogP contribution is -2.33. The Kier molecular flexibility index (Phi) is 6.09. The van der Waals surface area contributed by atoms with Crippen LogP contribution in [-0.4, -0.2) is 46.2 Å².